The van der Waals surface area contributed by atoms with Crippen molar-refractivity contribution in [3.63, 3.8) is 0 Å². The second-order valence-electron chi connectivity index (χ2n) is 15.1. The van der Waals surface area contributed by atoms with Gasteiger partial charge in [0, 0.05) is 16.7 Å². The zero-order chi connectivity index (χ0) is 38.9. The largest absolute Gasteiger partial charge is 0.449 e. The first-order valence-electron chi connectivity index (χ1n) is 19.8. The van der Waals surface area contributed by atoms with Gasteiger partial charge in [-0.3, -0.25) is 0 Å². The molecule has 0 unspecified atom stereocenters. The molecule has 0 fully saturated rings. The Bertz CT molecular complexity index is 3240. The Kier molecular flexibility index (Phi) is 7.38. The topological polar surface area (TPSA) is 57.1 Å². The standard InChI is InChI=1S/C54H33N3O2/c1-4-16-35(17-5-1)51-55-52(37-29-30-41-36(33-37)28-27-34-15-10-11-22-40(34)41)57-53(56-51)43-24-14-26-46-49(43)59-50-47(58-46)32-31-45-48(50)42-23-12-13-25-44(42)54(45,38-18-6-2-7-19-38)39-20-8-3-9-21-39/h1-33H. The Balaban J connectivity index is 1.04. The van der Waals surface area contributed by atoms with Gasteiger partial charge in [-0.1, -0.05) is 176 Å². The molecule has 5 heteroatoms. The average Bonchev–Trinajstić information content (AvgIpc) is 3.62. The van der Waals surface area contributed by atoms with E-state index in [1.54, 1.807) is 0 Å². The van der Waals surface area contributed by atoms with Gasteiger partial charge in [0.25, 0.3) is 0 Å². The van der Waals surface area contributed by atoms with Crippen LogP contribution in [0.2, 0.25) is 0 Å². The Morgan fingerprint density at radius 1 is 0.356 bits per heavy atom. The van der Waals surface area contributed by atoms with Crippen LogP contribution < -0.4 is 9.47 Å². The molecule has 0 amide bonds. The monoisotopic (exact) mass is 755 g/mol. The van der Waals surface area contributed by atoms with E-state index in [1.165, 1.54) is 32.8 Å². The number of hydrogen-bond acceptors (Lipinski definition) is 5. The van der Waals surface area contributed by atoms with Gasteiger partial charge in [-0.15, -0.1) is 0 Å². The van der Waals surface area contributed by atoms with Gasteiger partial charge in [-0.25, -0.2) is 15.0 Å². The summed E-state index contributed by atoms with van der Waals surface area (Å²) in [5, 5.41) is 4.72. The van der Waals surface area contributed by atoms with Crippen LogP contribution in [0.25, 0.3) is 66.8 Å². The maximum atomic E-state index is 7.19. The van der Waals surface area contributed by atoms with Crippen molar-refractivity contribution in [1.82, 2.24) is 15.0 Å². The molecule has 10 aromatic rings. The normalized spacial score (nSPS) is 13.2. The summed E-state index contributed by atoms with van der Waals surface area (Å²) in [6.45, 7) is 0. The highest BCUT2D eigenvalue weighted by atomic mass is 16.6. The molecule has 0 saturated carbocycles. The fraction of sp³-hybridized carbons (Fsp3) is 0.0185. The van der Waals surface area contributed by atoms with E-state index >= 15 is 0 Å². The van der Waals surface area contributed by atoms with Gasteiger partial charge >= 0.3 is 0 Å². The van der Waals surface area contributed by atoms with Crippen LogP contribution in [0, 0.1) is 0 Å². The number of nitrogens with zero attached hydrogens (tertiary/aromatic N) is 3. The molecule has 59 heavy (non-hydrogen) atoms. The lowest BCUT2D eigenvalue weighted by Gasteiger charge is -2.34. The highest BCUT2D eigenvalue weighted by Gasteiger charge is 2.48. The summed E-state index contributed by atoms with van der Waals surface area (Å²) in [6, 6.07) is 69.7. The summed E-state index contributed by atoms with van der Waals surface area (Å²) >= 11 is 0. The van der Waals surface area contributed by atoms with E-state index in [2.05, 4.69) is 146 Å². The first kappa shape index (κ1) is 33.3. The van der Waals surface area contributed by atoms with Crippen molar-refractivity contribution < 1.29 is 9.47 Å². The molecule has 2 heterocycles. The van der Waals surface area contributed by atoms with Crippen molar-refractivity contribution in [2.75, 3.05) is 0 Å². The van der Waals surface area contributed by atoms with Crippen molar-refractivity contribution in [1.29, 1.82) is 0 Å². The molecule has 1 aliphatic heterocycles. The van der Waals surface area contributed by atoms with Crippen LogP contribution in [-0.2, 0) is 5.41 Å². The van der Waals surface area contributed by atoms with Crippen LogP contribution in [0.5, 0.6) is 23.0 Å². The summed E-state index contributed by atoms with van der Waals surface area (Å²) in [4.78, 5) is 15.4. The zero-order valence-electron chi connectivity index (χ0n) is 31.7. The Morgan fingerprint density at radius 2 is 0.966 bits per heavy atom. The maximum Gasteiger partial charge on any atom is 0.181 e. The quantitative estimate of drug-likeness (QED) is 0.164. The predicted octanol–water partition coefficient (Wildman–Crippen LogP) is 13.4. The Labute approximate surface area is 340 Å². The third-order valence-electron chi connectivity index (χ3n) is 11.9. The second-order valence-corrected chi connectivity index (χ2v) is 15.1. The van der Waals surface area contributed by atoms with Crippen molar-refractivity contribution in [3.05, 3.63) is 222 Å². The average molecular weight is 756 g/mol. The van der Waals surface area contributed by atoms with E-state index in [9.17, 15) is 0 Å². The highest BCUT2D eigenvalue weighted by molar-refractivity contribution is 6.08. The van der Waals surface area contributed by atoms with Crippen molar-refractivity contribution in [2.24, 2.45) is 0 Å². The first-order valence-corrected chi connectivity index (χ1v) is 19.8. The van der Waals surface area contributed by atoms with Gasteiger partial charge in [0.1, 0.15) is 0 Å². The van der Waals surface area contributed by atoms with Gasteiger partial charge in [0.2, 0.25) is 0 Å². The van der Waals surface area contributed by atoms with Crippen LogP contribution in [0.15, 0.2) is 200 Å². The smallest absolute Gasteiger partial charge is 0.181 e. The van der Waals surface area contributed by atoms with Crippen LogP contribution in [0.4, 0.5) is 0 Å². The number of para-hydroxylation sites is 1. The van der Waals surface area contributed by atoms with Gasteiger partial charge < -0.3 is 9.47 Å². The highest BCUT2D eigenvalue weighted by Crippen LogP contribution is 2.62. The summed E-state index contributed by atoms with van der Waals surface area (Å²) in [5.41, 5.74) is 8.74. The Morgan fingerprint density at radius 3 is 1.76 bits per heavy atom. The third kappa shape index (κ3) is 5.08. The predicted molar refractivity (Wildman–Crippen MR) is 235 cm³/mol. The number of ether oxygens (including phenoxy) is 2. The van der Waals surface area contributed by atoms with Gasteiger partial charge in [-0.05, 0) is 73.6 Å². The van der Waals surface area contributed by atoms with Crippen molar-refractivity contribution in [2.45, 2.75) is 5.41 Å². The summed E-state index contributed by atoms with van der Waals surface area (Å²) in [7, 11) is 0. The lowest BCUT2D eigenvalue weighted by atomic mass is 9.68. The number of fused-ring (bicyclic) bond motifs is 9. The Hall–Kier alpha value is -7.89. The van der Waals surface area contributed by atoms with E-state index < -0.39 is 5.41 Å². The summed E-state index contributed by atoms with van der Waals surface area (Å²) < 4.78 is 14.0. The van der Waals surface area contributed by atoms with Gasteiger partial charge in [0.15, 0.2) is 40.5 Å². The lowest BCUT2D eigenvalue weighted by molar-refractivity contribution is 0.361. The molecule has 1 aromatic heterocycles. The molecular formula is C54H33N3O2. The molecule has 2 aliphatic rings. The maximum absolute atomic E-state index is 7.19. The molecule has 5 nitrogen and oxygen atoms in total. The molecule has 0 atom stereocenters. The van der Waals surface area contributed by atoms with Crippen LogP contribution in [0.3, 0.4) is 0 Å². The van der Waals surface area contributed by atoms with E-state index in [4.69, 9.17) is 24.4 Å². The van der Waals surface area contributed by atoms with Crippen molar-refractivity contribution in [3.8, 4) is 68.3 Å². The molecule has 0 radical (unpaired) electrons. The first-order chi connectivity index (χ1) is 29.2. The summed E-state index contributed by atoms with van der Waals surface area (Å²) in [6.07, 6.45) is 0. The van der Waals surface area contributed by atoms with E-state index in [0.717, 1.165) is 33.2 Å². The van der Waals surface area contributed by atoms with Crippen LogP contribution in [-0.4, -0.2) is 15.0 Å². The van der Waals surface area contributed by atoms with Gasteiger partial charge in [-0.2, -0.15) is 0 Å². The van der Waals surface area contributed by atoms with Gasteiger partial charge in [0.05, 0.1) is 11.0 Å². The zero-order valence-corrected chi connectivity index (χ0v) is 31.7. The second kappa shape index (κ2) is 13.1. The lowest BCUT2D eigenvalue weighted by Crippen LogP contribution is -2.28. The molecule has 9 aromatic carbocycles. The number of rotatable bonds is 5. The molecule has 12 rings (SSSR count). The minimum Gasteiger partial charge on any atom is -0.449 e. The molecular weight excluding hydrogens is 723 g/mol. The molecule has 0 bridgehead atoms. The minimum atomic E-state index is -0.577. The molecule has 0 saturated heterocycles. The van der Waals surface area contributed by atoms with Crippen molar-refractivity contribution >= 4 is 21.5 Å². The molecule has 0 spiro atoms. The minimum absolute atomic E-state index is 0.493. The number of aromatic nitrogens is 3. The SMILES string of the molecule is c1ccc(-c2nc(-c3ccc4c(ccc5ccccc54)c3)nc(-c3cccc4c3Oc3c(ccc5c3-c3ccccc3C5(c3ccccc3)c3ccccc3)O4)n2)cc1. The number of hydrogen-bond donors (Lipinski definition) is 0. The van der Waals surface area contributed by atoms with Crippen LogP contribution in [0.1, 0.15) is 22.3 Å². The molecule has 1 aliphatic carbocycles. The molecule has 276 valence electrons. The van der Waals surface area contributed by atoms with E-state index in [0.29, 0.717) is 46.0 Å². The fourth-order valence-corrected chi connectivity index (χ4v) is 9.26. The fourth-order valence-electron chi connectivity index (χ4n) is 9.26. The van der Waals surface area contributed by atoms with E-state index in [1.807, 2.05) is 54.6 Å². The van der Waals surface area contributed by atoms with Crippen LogP contribution >= 0.6 is 0 Å². The number of benzene rings is 9. The molecule has 0 N–H and O–H groups in total. The van der Waals surface area contributed by atoms with E-state index in [-0.39, 0.29) is 0 Å². The third-order valence-corrected chi connectivity index (χ3v) is 11.9. The summed E-state index contributed by atoms with van der Waals surface area (Å²) in [5.74, 6) is 4.12.